The zero-order valence-corrected chi connectivity index (χ0v) is 14.5. The van der Waals surface area contributed by atoms with E-state index in [0.29, 0.717) is 18.7 Å². The molecular weight excluding hydrogens is 319 g/mol. The standard InChI is InChI=1S/C20H23FN2O2/c1-22-9-11-23(12-10-22)14-19(24)17-7-8-20(18(21)13-17)25-15-16-5-3-2-4-6-16/h2-8,13H,9-12,14-15H2,1H3. The molecule has 0 spiro atoms. The van der Waals surface area contributed by atoms with Gasteiger partial charge in [0, 0.05) is 31.7 Å². The molecule has 2 aromatic rings. The molecule has 1 fully saturated rings. The Labute approximate surface area is 147 Å². The molecule has 0 N–H and O–H groups in total. The third kappa shape index (κ3) is 4.87. The van der Waals surface area contributed by atoms with Gasteiger partial charge in [-0.15, -0.1) is 0 Å². The number of carbonyl (C=O) groups excluding carboxylic acids is 1. The normalized spacial score (nSPS) is 15.9. The summed E-state index contributed by atoms with van der Waals surface area (Å²) in [6, 6.07) is 14.0. The van der Waals surface area contributed by atoms with Gasteiger partial charge in [-0.25, -0.2) is 4.39 Å². The SMILES string of the molecule is CN1CCN(CC(=O)c2ccc(OCc3ccccc3)c(F)c2)CC1. The minimum atomic E-state index is -0.500. The van der Waals surface area contributed by atoms with Crippen LogP contribution in [0.1, 0.15) is 15.9 Å². The third-order valence-corrected chi connectivity index (χ3v) is 4.45. The van der Waals surface area contributed by atoms with E-state index < -0.39 is 5.82 Å². The van der Waals surface area contributed by atoms with Crippen molar-refractivity contribution in [3.8, 4) is 5.75 Å². The second-order valence-electron chi connectivity index (χ2n) is 6.42. The number of rotatable bonds is 6. The maximum atomic E-state index is 14.2. The summed E-state index contributed by atoms with van der Waals surface area (Å²) in [6.45, 7) is 4.26. The number of carbonyl (C=O) groups is 1. The first-order chi connectivity index (χ1) is 12.1. The van der Waals surface area contributed by atoms with Crippen molar-refractivity contribution in [2.45, 2.75) is 6.61 Å². The summed E-state index contributed by atoms with van der Waals surface area (Å²) in [7, 11) is 2.07. The van der Waals surface area contributed by atoms with Gasteiger partial charge in [-0.3, -0.25) is 9.69 Å². The molecule has 2 aromatic carbocycles. The lowest BCUT2D eigenvalue weighted by Gasteiger charge is -2.31. The van der Waals surface area contributed by atoms with Crippen LogP contribution >= 0.6 is 0 Å². The van der Waals surface area contributed by atoms with Crippen LogP contribution in [0.4, 0.5) is 4.39 Å². The fourth-order valence-corrected chi connectivity index (χ4v) is 2.83. The summed E-state index contributed by atoms with van der Waals surface area (Å²) in [5.41, 5.74) is 1.36. The highest BCUT2D eigenvalue weighted by Crippen LogP contribution is 2.20. The maximum absolute atomic E-state index is 14.2. The molecule has 3 rings (SSSR count). The van der Waals surface area contributed by atoms with E-state index >= 15 is 0 Å². The Balaban J connectivity index is 1.58. The molecule has 0 aliphatic carbocycles. The van der Waals surface area contributed by atoms with Crippen LogP contribution in [0.2, 0.25) is 0 Å². The Morgan fingerprint density at radius 1 is 1.08 bits per heavy atom. The van der Waals surface area contributed by atoms with E-state index in [9.17, 15) is 9.18 Å². The topological polar surface area (TPSA) is 32.8 Å². The van der Waals surface area contributed by atoms with Crippen molar-refractivity contribution in [2.24, 2.45) is 0 Å². The van der Waals surface area contributed by atoms with Crippen LogP contribution in [0.25, 0.3) is 0 Å². The second-order valence-corrected chi connectivity index (χ2v) is 6.42. The zero-order chi connectivity index (χ0) is 17.6. The van der Waals surface area contributed by atoms with Gasteiger partial charge in [0.05, 0.1) is 6.54 Å². The fourth-order valence-electron chi connectivity index (χ4n) is 2.83. The van der Waals surface area contributed by atoms with Gasteiger partial charge in [-0.05, 0) is 30.8 Å². The Morgan fingerprint density at radius 2 is 1.80 bits per heavy atom. The maximum Gasteiger partial charge on any atom is 0.176 e. The highest BCUT2D eigenvalue weighted by atomic mass is 19.1. The highest BCUT2D eigenvalue weighted by Gasteiger charge is 2.18. The Bertz CT molecular complexity index is 713. The van der Waals surface area contributed by atoms with Crippen LogP contribution in [0.15, 0.2) is 48.5 Å². The van der Waals surface area contributed by atoms with Gasteiger partial charge in [0.2, 0.25) is 0 Å². The fraction of sp³-hybridized carbons (Fsp3) is 0.350. The van der Waals surface area contributed by atoms with E-state index in [2.05, 4.69) is 16.8 Å². The van der Waals surface area contributed by atoms with Gasteiger partial charge in [0.1, 0.15) is 6.61 Å². The minimum Gasteiger partial charge on any atom is -0.486 e. The van der Waals surface area contributed by atoms with E-state index in [1.165, 1.54) is 12.1 Å². The lowest BCUT2D eigenvalue weighted by atomic mass is 10.1. The smallest absolute Gasteiger partial charge is 0.176 e. The van der Waals surface area contributed by atoms with Gasteiger partial charge in [0.15, 0.2) is 17.3 Å². The van der Waals surface area contributed by atoms with E-state index in [4.69, 9.17) is 4.74 Å². The number of ketones is 1. The highest BCUT2D eigenvalue weighted by molar-refractivity contribution is 5.97. The molecule has 25 heavy (non-hydrogen) atoms. The number of likely N-dealkylation sites (N-methyl/N-ethyl adjacent to an activating group) is 1. The first kappa shape index (κ1) is 17.6. The van der Waals surface area contributed by atoms with Crippen molar-refractivity contribution < 1.29 is 13.9 Å². The van der Waals surface area contributed by atoms with Gasteiger partial charge >= 0.3 is 0 Å². The minimum absolute atomic E-state index is 0.0573. The summed E-state index contributed by atoms with van der Waals surface area (Å²) in [5, 5.41) is 0. The number of nitrogens with zero attached hydrogens (tertiary/aromatic N) is 2. The van der Waals surface area contributed by atoms with Crippen LogP contribution in [0.3, 0.4) is 0 Å². The molecule has 0 saturated carbocycles. The molecule has 0 bridgehead atoms. The monoisotopic (exact) mass is 342 g/mol. The van der Waals surface area contributed by atoms with Gasteiger partial charge < -0.3 is 9.64 Å². The zero-order valence-electron chi connectivity index (χ0n) is 14.5. The number of halogens is 1. The Morgan fingerprint density at radius 3 is 2.48 bits per heavy atom. The molecular formula is C20H23FN2O2. The molecule has 1 aliphatic heterocycles. The van der Waals surface area contributed by atoms with Crippen LogP contribution in [-0.4, -0.2) is 55.4 Å². The van der Waals surface area contributed by atoms with Crippen molar-refractivity contribution in [2.75, 3.05) is 39.8 Å². The lowest BCUT2D eigenvalue weighted by Crippen LogP contribution is -2.46. The predicted molar refractivity (Wildman–Crippen MR) is 95.4 cm³/mol. The number of Topliss-reactive ketones (excluding diaryl/α,β-unsaturated/α-hetero) is 1. The summed E-state index contributed by atoms with van der Waals surface area (Å²) in [4.78, 5) is 16.7. The number of hydrogen-bond acceptors (Lipinski definition) is 4. The van der Waals surface area contributed by atoms with E-state index in [0.717, 1.165) is 31.7 Å². The van der Waals surface area contributed by atoms with Crippen LogP contribution in [-0.2, 0) is 6.61 Å². The Hall–Kier alpha value is -2.24. The van der Waals surface area contributed by atoms with Gasteiger partial charge in [-0.1, -0.05) is 30.3 Å². The van der Waals surface area contributed by atoms with E-state index in [1.807, 2.05) is 30.3 Å². The molecule has 0 aromatic heterocycles. The number of piperazine rings is 1. The molecule has 4 nitrogen and oxygen atoms in total. The van der Waals surface area contributed by atoms with Crippen molar-refractivity contribution in [1.82, 2.24) is 9.80 Å². The average Bonchev–Trinajstić information content (AvgIpc) is 2.63. The molecule has 1 saturated heterocycles. The van der Waals surface area contributed by atoms with Crippen molar-refractivity contribution >= 4 is 5.78 Å². The van der Waals surface area contributed by atoms with Crippen LogP contribution < -0.4 is 4.74 Å². The van der Waals surface area contributed by atoms with Crippen LogP contribution in [0, 0.1) is 5.82 Å². The predicted octanol–water partition coefficient (Wildman–Crippen LogP) is 2.83. The molecule has 1 aliphatic rings. The first-order valence-corrected chi connectivity index (χ1v) is 8.52. The largest absolute Gasteiger partial charge is 0.486 e. The number of ether oxygens (including phenoxy) is 1. The first-order valence-electron chi connectivity index (χ1n) is 8.52. The van der Waals surface area contributed by atoms with Crippen molar-refractivity contribution in [3.05, 3.63) is 65.5 Å². The molecule has 5 heteroatoms. The van der Waals surface area contributed by atoms with Crippen LogP contribution in [0.5, 0.6) is 5.75 Å². The quantitative estimate of drug-likeness (QED) is 0.756. The summed E-state index contributed by atoms with van der Waals surface area (Å²) < 4.78 is 19.8. The third-order valence-electron chi connectivity index (χ3n) is 4.45. The lowest BCUT2D eigenvalue weighted by molar-refractivity contribution is 0.0876. The van der Waals surface area contributed by atoms with Crippen molar-refractivity contribution in [1.29, 1.82) is 0 Å². The number of hydrogen-bond donors (Lipinski definition) is 0. The van der Waals surface area contributed by atoms with E-state index in [-0.39, 0.29) is 11.5 Å². The Kier molecular flexibility index (Phi) is 5.79. The number of benzene rings is 2. The van der Waals surface area contributed by atoms with E-state index in [1.54, 1.807) is 6.07 Å². The molecule has 0 atom stereocenters. The van der Waals surface area contributed by atoms with Crippen molar-refractivity contribution in [3.63, 3.8) is 0 Å². The average molecular weight is 342 g/mol. The summed E-state index contributed by atoms with van der Waals surface area (Å²) >= 11 is 0. The van der Waals surface area contributed by atoms with Gasteiger partial charge in [-0.2, -0.15) is 0 Å². The van der Waals surface area contributed by atoms with Gasteiger partial charge in [0.25, 0.3) is 0 Å². The molecule has 0 amide bonds. The molecule has 132 valence electrons. The summed E-state index contributed by atoms with van der Waals surface area (Å²) in [6.07, 6.45) is 0. The molecule has 0 radical (unpaired) electrons. The molecule has 1 heterocycles. The molecule has 0 unspecified atom stereocenters. The second kappa shape index (κ2) is 8.23. The summed E-state index contributed by atoms with van der Waals surface area (Å²) in [5.74, 6) is -0.391.